The molecule has 0 saturated heterocycles. The molecule has 7 nitrogen and oxygen atoms in total. The van der Waals surface area contributed by atoms with Gasteiger partial charge in [0.25, 0.3) is 5.69 Å². The van der Waals surface area contributed by atoms with Gasteiger partial charge in [0.2, 0.25) is 5.88 Å². The molecule has 0 atom stereocenters. The van der Waals surface area contributed by atoms with Crippen LogP contribution in [-0.4, -0.2) is 18.0 Å². The van der Waals surface area contributed by atoms with Crippen LogP contribution in [0.25, 0.3) is 0 Å². The lowest BCUT2D eigenvalue weighted by Crippen LogP contribution is -2.36. The van der Waals surface area contributed by atoms with Crippen LogP contribution in [0.1, 0.15) is 10.5 Å². The Balaban J connectivity index is 1.65. The van der Waals surface area contributed by atoms with Crippen LogP contribution in [0.4, 0.5) is 5.69 Å². The van der Waals surface area contributed by atoms with Gasteiger partial charge in [-0.2, -0.15) is 4.73 Å². The van der Waals surface area contributed by atoms with Crippen LogP contribution < -0.4 is 19.5 Å². The molecule has 0 aliphatic rings. The summed E-state index contributed by atoms with van der Waals surface area (Å²) in [5.41, 5.74) is 0.456. The maximum absolute atomic E-state index is 12.1. The van der Waals surface area contributed by atoms with E-state index in [2.05, 4.69) is 10.3 Å². The number of hydrogen-bond donors (Lipinski definition) is 1. The van der Waals surface area contributed by atoms with Gasteiger partial charge in [-0.15, -0.1) is 0 Å². The summed E-state index contributed by atoms with van der Waals surface area (Å²) < 4.78 is 11.2. The Labute approximate surface area is 144 Å². The van der Waals surface area contributed by atoms with Gasteiger partial charge in [0.15, 0.2) is 6.20 Å². The highest BCUT2D eigenvalue weighted by Crippen LogP contribution is 2.23. The van der Waals surface area contributed by atoms with Crippen molar-refractivity contribution in [2.75, 3.05) is 12.4 Å². The van der Waals surface area contributed by atoms with Crippen LogP contribution in [0.2, 0.25) is 0 Å². The number of pyridine rings is 2. The van der Waals surface area contributed by atoms with Crippen molar-refractivity contribution < 1.29 is 19.0 Å². The molecule has 0 aliphatic carbocycles. The van der Waals surface area contributed by atoms with Crippen molar-refractivity contribution in [3.8, 4) is 17.4 Å². The summed E-state index contributed by atoms with van der Waals surface area (Å²) in [6, 6.07) is 15.0. The van der Waals surface area contributed by atoms with Crippen LogP contribution in [-0.2, 0) is 0 Å². The van der Waals surface area contributed by atoms with Crippen molar-refractivity contribution in [1.82, 2.24) is 4.98 Å². The molecule has 0 spiro atoms. The number of carbonyl (C=O) groups is 1. The molecular weight excluding hydrogens is 322 g/mol. The molecule has 0 saturated carbocycles. The van der Waals surface area contributed by atoms with E-state index in [9.17, 15) is 10.0 Å². The van der Waals surface area contributed by atoms with Gasteiger partial charge in [-0.25, -0.2) is 4.98 Å². The number of benzene rings is 1. The lowest BCUT2D eigenvalue weighted by atomic mass is 10.3. The molecule has 126 valence electrons. The van der Waals surface area contributed by atoms with E-state index in [-0.39, 0.29) is 5.69 Å². The number of anilines is 1. The fourth-order valence-electron chi connectivity index (χ4n) is 2.08. The van der Waals surface area contributed by atoms with E-state index in [1.54, 1.807) is 55.6 Å². The van der Waals surface area contributed by atoms with Crippen LogP contribution >= 0.6 is 0 Å². The second-order valence-electron chi connectivity index (χ2n) is 5.03. The van der Waals surface area contributed by atoms with E-state index >= 15 is 0 Å². The second kappa shape index (κ2) is 7.31. The number of nitrogens with one attached hydrogen (secondary N) is 1. The largest absolute Gasteiger partial charge is 0.618 e. The van der Waals surface area contributed by atoms with E-state index in [1.807, 2.05) is 0 Å². The van der Waals surface area contributed by atoms with Gasteiger partial charge in [0.1, 0.15) is 11.5 Å². The molecule has 1 aromatic carbocycles. The minimum absolute atomic E-state index is 0.000981. The van der Waals surface area contributed by atoms with Crippen molar-refractivity contribution >= 4 is 11.6 Å². The van der Waals surface area contributed by atoms with Gasteiger partial charge in [-0.05, 0) is 36.4 Å². The Morgan fingerprint density at radius 3 is 2.48 bits per heavy atom. The summed E-state index contributed by atoms with van der Waals surface area (Å²) >= 11 is 0. The maximum atomic E-state index is 12.1. The first-order chi connectivity index (χ1) is 12.2. The number of nitrogens with zero attached hydrogens (tertiary/aromatic N) is 2. The number of carbonyl (C=O) groups excluding carboxylic acids is 1. The zero-order valence-electron chi connectivity index (χ0n) is 13.4. The average Bonchev–Trinajstić information content (AvgIpc) is 2.64. The highest BCUT2D eigenvalue weighted by molar-refractivity contribution is 6.01. The van der Waals surface area contributed by atoms with Gasteiger partial charge < -0.3 is 20.0 Å². The molecule has 0 aliphatic heterocycles. The number of methoxy groups -OCH3 is 1. The lowest BCUT2D eigenvalue weighted by Gasteiger charge is -2.08. The zero-order chi connectivity index (χ0) is 17.6. The molecule has 3 rings (SSSR count). The van der Waals surface area contributed by atoms with E-state index in [1.165, 1.54) is 18.5 Å². The molecule has 2 heterocycles. The van der Waals surface area contributed by atoms with Crippen LogP contribution in [0.3, 0.4) is 0 Å². The monoisotopic (exact) mass is 337 g/mol. The van der Waals surface area contributed by atoms with Gasteiger partial charge in [-0.1, -0.05) is 0 Å². The molecule has 2 aromatic heterocycles. The van der Waals surface area contributed by atoms with Gasteiger partial charge in [0, 0.05) is 18.2 Å². The Bertz CT molecular complexity index is 864. The maximum Gasteiger partial charge on any atom is 0.321 e. The van der Waals surface area contributed by atoms with E-state index < -0.39 is 5.91 Å². The van der Waals surface area contributed by atoms with Crippen LogP contribution in [0.15, 0.2) is 67.0 Å². The first-order valence-corrected chi connectivity index (χ1v) is 7.43. The number of aromatic nitrogens is 2. The van der Waals surface area contributed by atoms with Gasteiger partial charge in [-0.3, -0.25) is 4.79 Å². The minimum Gasteiger partial charge on any atom is -0.618 e. The van der Waals surface area contributed by atoms with E-state index in [0.717, 1.165) is 5.75 Å². The molecule has 0 fully saturated rings. The number of amides is 1. The Morgan fingerprint density at radius 1 is 1.08 bits per heavy atom. The van der Waals surface area contributed by atoms with Crippen molar-refractivity contribution in [3.63, 3.8) is 0 Å². The molecule has 1 amide bonds. The molecule has 0 unspecified atom stereocenters. The summed E-state index contributed by atoms with van der Waals surface area (Å²) in [7, 11) is 1.59. The number of rotatable bonds is 5. The third kappa shape index (κ3) is 4.03. The summed E-state index contributed by atoms with van der Waals surface area (Å²) in [6.45, 7) is 0. The fourth-order valence-corrected chi connectivity index (χ4v) is 2.08. The topological polar surface area (TPSA) is 87.4 Å². The molecule has 7 heteroatoms. The van der Waals surface area contributed by atoms with Crippen molar-refractivity contribution in [3.05, 3.63) is 77.9 Å². The molecule has 3 aromatic rings. The van der Waals surface area contributed by atoms with Crippen molar-refractivity contribution in [2.24, 2.45) is 0 Å². The standard InChI is InChI=1S/C18H15N3O4/c1-24-14-6-8-15(9-7-14)25-17-10-5-13(12-19-17)20-18(22)16-4-2-3-11-21(16)23/h2-12H,1H3,(H,20,22). The number of hydrogen-bond acceptors (Lipinski definition) is 5. The van der Waals surface area contributed by atoms with Gasteiger partial charge in [0.05, 0.1) is 19.0 Å². The summed E-state index contributed by atoms with van der Waals surface area (Å²) in [5.74, 6) is 1.21. The first kappa shape index (κ1) is 16.3. The average molecular weight is 337 g/mol. The summed E-state index contributed by atoms with van der Waals surface area (Å²) in [5, 5.41) is 14.2. The molecule has 0 bridgehead atoms. The third-order valence-corrected chi connectivity index (χ3v) is 3.33. The van der Waals surface area contributed by atoms with Crippen molar-refractivity contribution in [1.29, 1.82) is 0 Å². The quantitative estimate of drug-likeness (QED) is 0.571. The van der Waals surface area contributed by atoms with Crippen LogP contribution in [0.5, 0.6) is 17.4 Å². The van der Waals surface area contributed by atoms with Crippen LogP contribution in [0, 0.1) is 5.21 Å². The molecular formula is C18H15N3O4. The predicted molar refractivity (Wildman–Crippen MR) is 90.7 cm³/mol. The zero-order valence-corrected chi connectivity index (χ0v) is 13.4. The summed E-state index contributed by atoms with van der Waals surface area (Å²) in [4.78, 5) is 16.2. The summed E-state index contributed by atoms with van der Waals surface area (Å²) in [6.07, 6.45) is 2.72. The Hall–Kier alpha value is -3.61. The second-order valence-corrected chi connectivity index (χ2v) is 5.03. The first-order valence-electron chi connectivity index (χ1n) is 7.43. The number of ether oxygens (including phenoxy) is 2. The lowest BCUT2D eigenvalue weighted by molar-refractivity contribution is -0.607. The fraction of sp³-hybridized carbons (Fsp3) is 0.0556. The van der Waals surface area contributed by atoms with E-state index in [4.69, 9.17) is 9.47 Å². The highest BCUT2D eigenvalue weighted by atomic mass is 16.5. The molecule has 25 heavy (non-hydrogen) atoms. The smallest absolute Gasteiger partial charge is 0.321 e. The van der Waals surface area contributed by atoms with E-state index in [0.29, 0.717) is 22.0 Å². The molecule has 0 radical (unpaired) electrons. The predicted octanol–water partition coefficient (Wildman–Crippen LogP) is 2.77. The Kier molecular flexibility index (Phi) is 4.75. The SMILES string of the molecule is COc1ccc(Oc2ccc(NC(=O)c3cccc[n+]3[O-])cn2)cc1. The van der Waals surface area contributed by atoms with Gasteiger partial charge >= 0.3 is 5.91 Å². The third-order valence-electron chi connectivity index (χ3n) is 3.33. The van der Waals surface area contributed by atoms with Crippen molar-refractivity contribution in [2.45, 2.75) is 0 Å². The molecule has 1 N–H and O–H groups in total. The normalized spacial score (nSPS) is 10.1. The Morgan fingerprint density at radius 2 is 1.84 bits per heavy atom. The highest BCUT2D eigenvalue weighted by Gasteiger charge is 2.15. The minimum atomic E-state index is -0.513.